The molecule has 0 saturated heterocycles. The fraction of sp³-hybridized carbons (Fsp3) is 0.571. The van der Waals surface area contributed by atoms with Crippen molar-refractivity contribution in [3.05, 3.63) is 18.2 Å². The summed E-state index contributed by atoms with van der Waals surface area (Å²) in [6, 6.07) is 0. The topological polar surface area (TPSA) is 22.9 Å². The lowest BCUT2D eigenvalue weighted by Crippen LogP contribution is -2.33. The highest BCUT2D eigenvalue weighted by molar-refractivity contribution is 4.75. The Balaban J connectivity index is 2.65. The van der Waals surface area contributed by atoms with Crippen molar-refractivity contribution in [2.75, 3.05) is 14.1 Å². The zero-order valence-corrected chi connectivity index (χ0v) is 6.76. The molecule has 0 radical (unpaired) electrons. The van der Waals surface area contributed by atoms with E-state index in [4.69, 9.17) is 0 Å². The minimum absolute atomic E-state index is 0.962. The van der Waals surface area contributed by atoms with Gasteiger partial charge in [0.1, 0.15) is 18.9 Å². The maximum atomic E-state index is 3.16. The molecule has 10 heavy (non-hydrogen) atoms. The van der Waals surface area contributed by atoms with Gasteiger partial charge in [-0.2, -0.15) is 0 Å². The van der Waals surface area contributed by atoms with Gasteiger partial charge < -0.3 is 0 Å². The first-order valence-electron chi connectivity index (χ1n) is 3.37. The van der Waals surface area contributed by atoms with E-state index in [9.17, 15) is 0 Å². The molecule has 3 nitrogen and oxygen atoms in total. The first-order chi connectivity index (χ1) is 4.70. The number of nitrogens with zero attached hydrogens (tertiary/aromatic N) is 2. The second kappa shape index (κ2) is 2.84. The maximum absolute atomic E-state index is 3.16. The van der Waals surface area contributed by atoms with Crippen LogP contribution in [0.2, 0.25) is 0 Å². The van der Waals surface area contributed by atoms with Gasteiger partial charge in [0, 0.05) is 0 Å². The fourth-order valence-electron chi connectivity index (χ4n) is 0.894. The minimum atomic E-state index is 0.962. The molecular weight excluding hydrogens is 126 g/mol. The molecule has 0 atom stereocenters. The van der Waals surface area contributed by atoms with Crippen LogP contribution >= 0.6 is 0 Å². The summed E-state index contributed by atoms with van der Waals surface area (Å²) in [5.74, 6) is 1.23. The van der Waals surface area contributed by atoms with E-state index in [0.29, 0.717) is 0 Å². The number of hydrogen-bond acceptors (Lipinski definition) is 1. The molecule has 0 unspecified atom stereocenters. The molecule has 0 aliphatic rings. The van der Waals surface area contributed by atoms with Gasteiger partial charge in [-0.25, -0.2) is 9.55 Å². The third-order valence-electron chi connectivity index (χ3n) is 1.44. The summed E-state index contributed by atoms with van der Waals surface area (Å²) >= 11 is 0. The number of rotatable bonds is 2. The summed E-state index contributed by atoms with van der Waals surface area (Å²) < 4.78 is 2.08. The molecule has 0 aromatic carbocycles. The van der Waals surface area contributed by atoms with Gasteiger partial charge >= 0.3 is 0 Å². The maximum Gasteiger partial charge on any atom is 0.268 e. The van der Waals surface area contributed by atoms with Crippen LogP contribution in [0.15, 0.2) is 12.4 Å². The Morgan fingerprint density at radius 2 is 2.30 bits per heavy atom. The van der Waals surface area contributed by atoms with Crippen molar-refractivity contribution in [3.8, 4) is 0 Å². The normalized spacial score (nSPS) is 10.8. The van der Waals surface area contributed by atoms with Gasteiger partial charge in [0.05, 0.1) is 7.05 Å². The Kier molecular flexibility index (Phi) is 2.06. The van der Waals surface area contributed by atoms with Crippen LogP contribution < -0.4 is 4.57 Å². The van der Waals surface area contributed by atoms with Gasteiger partial charge in [0.25, 0.3) is 5.82 Å². The second-order valence-corrected chi connectivity index (χ2v) is 2.76. The van der Waals surface area contributed by atoms with Gasteiger partial charge in [0.2, 0.25) is 0 Å². The lowest BCUT2D eigenvalue weighted by atomic mass is 10.5. The van der Waals surface area contributed by atoms with Crippen LogP contribution in [0.4, 0.5) is 0 Å². The SMILES string of the molecule is CN(C)Cc1[nH]cc[n+]1C. The molecule has 3 heteroatoms. The van der Waals surface area contributed by atoms with E-state index in [1.807, 2.05) is 19.4 Å². The summed E-state index contributed by atoms with van der Waals surface area (Å²) in [5.41, 5.74) is 0. The summed E-state index contributed by atoms with van der Waals surface area (Å²) in [7, 11) is 6.15. The largest absolute Gasteiger partial charge is 0.298 e. The van der Waals surface area contributed by atoms with Crippen molar-refractivity contribution < 1.29 is 4.57 Å². The van der Waals surface area contributed by atoms with E-state index in [1.54, 1.807) is 0 Å². The Labute approximate surface area is 61.3 Å². The zero-order valence-electron chi connectivity index (χ0n) is 6.76. The number of aromatic nitrogens is 2. The molecule has 0 aliphatic heterocycles. The number of hydrogen-bond donors (Lipinski definition) is 1. The molecule has 0 fully saturated rings. The Morgan fingerprint density at radius 3 is 2.70 bits per heavy atom. The summed E-state index contributed by atoms with van der Waals surface area (Å²) in [4.78, 5) is 5.29. The van der Waals surface area contributed by atoms with Gasteiger partial charge in [0.15, 0.2) is 0 Å². The molecule has 1 N–H and O–H groups in total. The predicted octanol–water partition coefficient (Wildman–Crippen LogP) is -0.0992. The predicted molar refractivity (Wildman–Crippen MR) is 39.4 cm³/mol. The van der Waals surface area contributed by atoms with Gasteiger partial charge in [-0.15, -0.1) is 0 Å². The summed E-state index contributed by atoms with van der Waals surface area (Å²) in [6.07, 6.45) is 3.96. The van der Waals surface area contributed by atoms with Crippen molar-refractivity contribution in [1.29, 1.82) is 0 Å². The highest BCUT2D eigenvalue weighted by Gasteiger charge is 2.05. The van der Waals surface area contributed by atoms with E-state index in [1.165, 1.54) is 5.82 Å². The molecule has 1 aromatic heterocycles. The summed E-state index contributed by atoms with van der Waals surface area (Å²) in [5, 5.41) is 0. The van der Waals surface area contributed by atoms with E-state index < -0.39 is 0 Å². The van der Waals surface area contributed by atoms with E-state index in [-0.39, 0.29) is 0 Å². The molecule has 0 aliphatic carbocycles. The minimum Gasteiger partial charge on any atom is -0.298 e. The Bertz CT molecular complexity index is 202. The molecular formula is C7H14N3+. The van der Waals surface area contributed by atoms with Crippen molar-refractivity contribution >= 4 is 0 Å². The van der Waals surface area contributed by atoms with Crippen LogP contribution in [-0.4, -0.2) is 24.0 Å². The first-order valence-corrected chi connectivity index (χ1v) is 3.37. The third kappa shape index (κ3) is 1.57. The number of imidazole rings is 1. The van der Waals surface area contributed by atoms with Crippen LogP contribution in [0.5, 0.6) is 0 Å². The third-order valence-corrected chi connectivity index (χ3v) is 1.44. The highest BCUT2D eigenvalue weighted by Crippen LogP contribution is 1.88. The first kappa shape index (κ1) is 7.28. The number of H-pyrrole nitrogens is 1. The van der Waals surface area contributed by atoms with E-state index >= 15 is 0 Å². The van der Waals surface area contributed by atoms with Crippen molar-refractivity contribution in [1.82, 2.24) is 9.88 Å². The highest BCUT2D eigenvalue weighted by atomic mass is 15.1. The van der Waals surface area contributed by atoms with Crippen LogP contribution in [-0.2, 0) is 13.6 Å². The molecule has 0 spiro atoms. The van der Waals surface area contributed by atoms with Crippen LogP contribution in [0, 0.1) is 0 Å². The quantitative estimate of drug-likeness (QED) is 0.570. The Hall–Kier alpha value is -0.830. The smallest absolute Gasteiger partial charge is 0.268 e. The van der Waals surface area contributed by atoms with Gasteiger partial charge in [-0.05, 0) is 14.1 Å². The number of aromatic amines is 1. The second-order valence-electron chi connectivity index (χ2n) is 2.76. The van der Waals surface area contributed by atoms with E-state index in [0.717, 1.165) is 6.54 Å². The van der Waals surface area contributed by atoms with Crippen molar-refractivity contribution in [2.45, 2.75) is 6.54 Å². The molecule has 56 valence electrons. The van der Waals surface area contributed by atoms with Crippen LogP contribution in [0.25, 0.3) is 0 Å². The number of nitrogens with one attached hydrogen (secondary N) is 1. The molecule has 1 heterocycles. The molecule has 0 saturated carbocycles. The molecule has 1 aromatic rings. The zero-order chi connectivity index (χ0) is 7.56. The van der Waals surface area contributed by atoms with Crippen LogP contribution in [0.3, 0.4) is 0 Å². The van der Waals surface area contributed by atoms with Crippen molar-refractivity contribution in [2.24, 2.45) is 7.05 Å². The summed E-state index contributed by atoms with van der Waals surface area (Å²) in [6.45, 7) is 0.962. The van der Waals surface area contributed by atoms with E-state index in [2.05, 4.69) is 28.5 Å². The Morgan fingerprint density at radius 1 is 1.60 bits per heavy atom. The number of aryl methyl sites for hydroxylation is 1. The fourth-order valence-corrected chi connectivity index (χ4v) is 0.894. The lowest BCUT2D eigenvalue weighted by Gasteiger charge is -2.03. The molecule has 1 rings (SSSR count). The molecule has 0 amide bonds. The standard InChI is InChI=1S/C7H13N3/c1-9(2)6-7-8-4-5-10(7)3/h4-5H,6H2,1-3H3/p+1. The molecule has 0 bridgehead atoms. The van der Waals surface area contributed by atoms with Gasteiger partial charge in [-0.1, -0.05) is 0 Å². The lowest BCUT2D eigenvalue weighted by molar-refractivity contribution is -0.678. The monoisotopic (exact) mass is 140 g/mol. The average Bonchev–Trinajstić information content (AvgIpc) is 2.15. The van der Waals surface area contributed by atoms with Crippen LogP contribution in [0.1, 0.15) is 5.82 Å². The van der Waals surface area contributed by atoms with Gasteiger partial charge in [-0.3, -0.25) is 4.90 Å². The average molecular weight is 140 g/mol. The van der Waals surface area contributed by atoms with Crippen molar-refractivity contribution in [3.63, 3.8) is 0 Å².